The Morgan fingerprint density at radius 1 is 0.846 bits per heavy atom. The Morgan fingerprint density at radius 2 is 1.50 bits per heavy atom. The van der Waals surface area contributed by atoms with E-state index in [1.165, 1.54) is 6.07 Å². The third kappa shape index (κ3) is 3.54. The highest BCUT2D eigenvalue weighted by Gasteiger charge is 2.29. The summed E-state index contributed by atoms with van der Waals surface area (Å²) in [5.41, 5.74) is 1.25. The molecule has 4 rings (SSSR count). The van der Waals surface area contributed by atoms with E-state index in [0.29, 0.717) is 17.6 Å². The number of aromatic nitrogens is 6. The number of H-pyrrole nitrogens is 1. The molecule has 0 atom stereocenters. The van der Waals surface area contributed by atoms with Crippen molar-refractivity contribution in [3.63, 3.8) is 0 Å². The summed E-state index contributed by atoms with van der Waals surface area (Å²) in [6.07, 6.45) is 2.22. The van der Waals surface area contributed by atoms with Crippen LogP contribution in [-0.2, 0) is 0 Å². The summed E-state index contributed by atoms with van der Waals surface area (Å²) in [6.45, 7) is 0. The van der Waals surface area contributed by atoms with E-state index in [1.54, 1.807) is 4.90 Å². The van der Waals surface area contributed by atoms with Gasteiger partial charge in [0.05, 0.1) is 0 Å². The lowest BCUT2D eigenvalue weighted by Crippen LogP contribution is -2.15. The minimum Gasteiger partial charge on any atom is -0.280 e. The molecular formula is C14H8Cl5N7. The minimum absolute atomic E-state index is 0.0248. The number of anilines is 3. The highest BCUT2D eigenvalue weighted by Crippen LogP contribution is 2.44. The van der Waals surface area contributed by atoms with Crippen LogP contribution < -0.4 is 4.90 Å². The van der Waals surface area contributed by atoms with E-state index in [2.05, 4.69) is 30.1 Å². The molecule has 1 N–H and O–H groups in total. The Balaban J connectivity index is 1.91. The summed E-state index contributed by atoms with van der Waals surface area (Å²) < 4.78 is 0. The first-order valence-electron chi connectivity index (χ1n) is 7.36. The van der Waals surface area contributed by atoms with Crippen molar-refractivity contribution < 1.29 is 0 Å². The number of halogens is 5. The lowest BCUT2D eigenvalue weighted by Gasteiger charge is -2.22. The molecule has 26 heavy (non-hydrogen) atoms. The monoisotopic (exact) mass is 449 g/mol. The van der Waals surface area contributed by atoms with E-state index in [-0.39, 0.29) is 31.7 Å². The Hall–Kier alpha value is -1.38. The number of hydrogen-bond donors (Lipinski definition) is 1. The Labute approximate surface area is 172 Å². The van der Waals surface area contributed by atoms with Crippen molar-refractivity contribution in [2.75, 3.05) is 4.90 Å². The van der Waals surface area contributed by atoms with E-state index >= 15 is 0 Å². The van der Waals surface area contributed by atoms with Gasteiger partial charge in [-0.25, -0.2) is 15.0 Å². The summed E-state index contributed by atoms with van der Waals surface area (Å²) in [4.78, 5) is 17.5. The van der Waals surface area contributed by atoms with Crippen LogP contribution in [0.3, 0.4) is 0 Å². The van der Waals surface area contributed by atoms with Gasteiger partial charge >= 0.3 is 0 Å². The third-order valence-electron chi connectivity index (χ3n) is 3.71. The Kier molecular flexibility index (Phi) is 4.83. The second kappa shape index (κ2) is 6.98. The van der Waals surface area contributed by atoms with Gasteiger partial charge in [0.1, 0.15) is 16.7 Å². The molecule has 0 amide bonds. The molecule has 0 aliphatic heterocycles. The van der Waals surface area contributed by atoms with Crippen LogP contribution in [0.2, 0.25) is 26.0 Å². The fourth-order valence-electron chi connectivity index (χ4n) is 2.45. The van der Waals surface area contributed by atoms with Gasteiger partial charge < -0.3 is 0 Å². The second-order valence-corrected chi connectivity index (χ2v) is 7.31. The van der Waals surface area contributed by atoms with Crippen LogP contribution in [0.1, 0.15) is 24.5 Å². The minimum atomic E-state index is -0.0804. The highest BCUT2D eigenvalue weighted by atomic mass is 35.5. The van der Waals surface area contributed by atoms with Crippen molar-refractivity contribution >= 4 is 75.3 Å². The van der Waals surface area contributed by atoms with Crippen LogP contribution in [-0.4, -0.2) is 30.1 Å². The smallest absolute Gasteiger partial charge is 0.225 e. The van der Waals surface area contributed by atoms with E-state index in [9.17, 15) is 0 Å². The molecule has 134 valence electrons. The lowest BCUT2D eigenvalue weighted by atomic mass is 10.3. The first kappa shape index (κ1) is 18.0. The average Bonchev–Trinajstić information content (AvgIpc) is 3.28. The van der Waals surface area contributed by atoms with Crippen LogP contribution >= 0.6 is 58.0 Å². The number of hydrogen-bond acceptors (Lipinski definition) is 6. The first-order valence-corrected chi connectivity index (χ1v) is 9.25. The SMILES string of the molecule is Clc1cc(N(c2cc(C3CC3)[nH]n2)c2c(Cl)nc(Cl)nc2Cl)nc(Cl)n1. The van der Waals surface area contributed by atoms with E-state index in [4.69, 9.17) is 58.0 Å². The van der Waals surface area contributed by atoms with Gasteiger partial charge in [0.15, 0.2) is 16.1 Å². The Bertz CT molecular complexity index is 944. The maximum absolute atomic E-state index is 6.28. The molecule has 3 aromatic rings. The molecule has 0 saturated heterocycles. The molecule has 0 radical (unpaired) electrons. The first-order chi connectivity index (χ1) is 12.4. The third-order valence-corrected chi connectivity index (χ3v) is 4.77. The summed E-state index contributed by atoms with van der Waals surface area (Å²) in [6, 6.07) is 3.38. The van der Waals surface area contributed by atoms with Crippen LogP contribution in [0.25, 0.3) is 0 Å². The molecule has 1 saturated carbocycles. The molecule has 0 aromatic carbocycles. The average molecular weight is 452 g/mol. The number of nitrogens with zero attached hydrogens (tertiary/aromatic N) is 6. The maximum Gasteiger partial charge on any atom is 0.225 e. The number of aromatic amines is 1. The summed E-state index contributed by atoms with van der Waals surface area (Å²) in [5.74, 6) is 1.24. The van der Waals surface area contributed by atoms with Gasteiger partial charge in [0.25, 0.3) is 0 Å². The molecule has 0 bridgehead atoms. The number of nitrogens with one attached hydrogen (secondary N) is 1. The van der Waals surface area contributed by atoms with E-state index < -0.39 is 0 Å². The molecule has 12 heteroatoms. The second-order valence-electron chi connectivity index (χ2n) is 5.53. The molecule has 1 aliphatic carbocycles. The van der Waals surface area contributed by atoms with Crippen molar-refractivity contribution in [2.24, 2.45) is 0 Å². The van der Waals surface area contributed by atoms with Crippen LogP contribution in [0.4, 0.5) is 17.3 Å². The Morgan fingerprint density at radius 3 is 2.12 bits per heavy atom. The van der Waals surface area contributed by atoms with Gasteiger partial charge in [-0.05, 0) is 36.0 Å². The fraction of sp³-hybridized carbons (Fsp3) is 0.214. The van der Waals surface area contributed by atoms with Crippen LogP contribution in [0.15, 0.2) is 12.1 Å². The number of rotatable bonds is 4. The summed E-state index contributed by atoms with van der Waals surface area (Å²) in [7, 11) is 0. The van der Waals surface area contributed by atoms with Gasteiger partial charge in [-0.1, -0.05) is 34.8 Å². The van der Waals surface area contributed by atoms with Crippen molar-refractivity contribution in [3.05, 3.63) is 43.9 Å². The largest absolute Gasteiger partial charge is 0.280 e. The molecular weight excluding hydrogens is 443 g/mol. The normalized spacial score (nSPS) is 13.9. The molecule has 1 aliphatic rings. The molecule has 3 aromatic heterocycles. The maximum atomic E-state index is 6.28. The van der Waals surface area contributed by atoms with E-state index in [1.807, 2.05) is 6.07 Å². The summed E-state index contributed by atoms with van der Waals surface area (Å²) in [5, 5.41) is 7.43. The summed E-state index contributed by atoms with van der Waals surface area (Å²) >= 11 is 30.4. The molecule has 7 nitrogen and oxygen atoms in total. The fourth-order valence-corrected chi connectivity index (χ4v) is 3.66. The van der Waals surface area contributed by atoms with Crippen molar-refractivity contribution in [1.29, 1.82) is 0 Å². The van der Waals surface area contributed by atoms with Crippen molar-refractivity contribution in [3.8, 4) is 0 Å². The van der Waals surface area contributed by atoms with E-state index in [0.717, 1.165) is 18.5 Å². The zero-order chi connectivity index (χ0) is 18.4. The van der Waals surface area contributed by atoms with Crippen molar-refractivity contribution in [1.82, 2.24) is 30.1 Å². The predicted molar refractivity (Wildman–Crippen MR) is 101 cm³/mol. The predicted octanol–water partition coefficient (Wildman–Crippen LogP) is 5.60. The van der Waals surface area contributed by atoms with Gasteiger partial charge in [-0.15, -0.1) is 0 Å². The van der Waals surface area contributed by atoms with Gasteiger partial charge in [0, 0.05) is 23.7 Å². The van der Waals surface area contributed by atoms with Crippen LogP contribution in [0.5, 0.6) is 0 Å². The molecule has 0 unspecified atom stereocenters. The van der Waals surface area contributed by atoms with Gasteiger partial charge in [-0.2, -0.15) is 10.1 Å². The highest BCUT2D eigenvalue weighted by molar-refractivity contribution is 6.39. The van der Waals surface area contributed by atoms with Crippen LogP contribution in [0, 0.1) is 0 Å². The zero-order valence-corrected chi connectivity index (χ0v) is 16.5. The topological polar surface area (TPSA) is 83.5 Å². The molecule has 1 fully saturated rings. The van der Waals surface area contributed by atoms with Gasteiger partial charge in [-0.3, -0.25) is 10.00 Å². The molecule has 3 heterocycles. The standard InChI is InChI=1S/C14H8Cl5N7/c15-7-4-8(21-13(18)20-7)26(9-3-6(24-25-9)5-1-2-5)10-11(16)22-14(19)23-12(10)17/h3-5H,1-2H2,(H,24,25). The molecule has 0 spiro atoms. The van der Waals surface area contributed by atoms with Gasteiger partial charge in [0.2, 0.25) is 10.6 Å². The zero-order valence-electron chi connectivity index (χ0n) is 12.7. The quantitative estimate of drug-likeness (QED) is 0.410. The van der Waals surface area contributed by atoms with Crippen molar-refractivity contribution in [2.45, 2.75) is 18.8 Å². The lowest BCUT2D eigenvalue weighted by molar-refractivity contribution is 0.957.